The molecule has 0 spiro atoms. The van der Waals surface area contributed by atoms with Crippen molar-refractivity contribution in [3.63, 3.8) is 0 Å². The van der Waals surface area contributed by atoms with Crippen LogP contribution in [0, 0.1) is 0 Å². The third kappa shape index (κ3) is 2.66. The predicted octanol–water partition coefficient (Wildman–Crippen LogP) is 0.673. The standard InChI is InChI=1S/C9H16N2O4/c12-8-4-1-2-7-11(8)15-14-9-5-3-6-10(9)13/h9,13H,1-7H2. The maximum Gasteiger partial charge on any atom is 0.248 e. The lowest BCUT2D eigenvalue weighted by Gasteiger charge is -2.26. The molecule has 1 atom stereocenters. The van der Waals surface area contributed by atoms with Gasteiger partial charge in [0.05, 0.1) is 6.54 Å². The SMILES string of the molecule is O=C1CCCCN1OOC1CCCN1O. The number of hydrogen-bond acceptors (Lipinski definition) is 5. The molecular weight excluding hydrogens is 200 g/mol. The van der Waals surface area contributed by atoms with Crippen LogP contribution in [-0.4, -0.2) is 40.6 Å². The number of nitrogens with zero attached hydrogens (tertiary/aromatic N) is 2. The molecule has 1 amide bonds. The highest BCUT2D eigenvalue weighted by Crippen LogP contribution is 2.18. The number of hydrogen-bond donors (Lipinski definition) is 1. The van der Waals surface area contributed by atoms with Crippen molar-refractivity contribution < 1.29 is 19.9 Å². The maximum atomic E-state index is 11.3. The molecule has 6 heteroatoms. The molecule has 86 valence electrons. The Hall–Kier alpha value is -0.690. The normalized spacial score (nSPS) is 28.7. The number of amides is 1. The summed E-state index contributed by atoms with van der Waals surface area (Å²) in [6, 6.07) is 0. The summed E-state index contributed by atoms with van der Waals surface area (Å²) in [7, 11) is 0. The van der Waals surface area contributed by atoms with Crippen LogP contribution >= 0.6 is 0 Å². The van der Waals surface area contributed by atoms with Gasteiger partial charge in [-0.15, -0.1) is 4.99 Å². The Morgan fingerprint density at radius 2 is 2.13 bits per heavy atom. The molecule has 15 heavy (non-hydrogen) atoms. The topological polar surface area (TPSA) is 62.2 Å². The first kappa shape index (κ1) is 10.8. The van der Waals surface area contributed by atoms with E-state index in [1.165, 1.54) is 5.06 Å². The molecule has 0 aromatic heterocycles. The molecule has 0 aromatic rings. The summed E-state index contributed by atoms with van der Waals surface area (Å²) < 4.78 is 0. The molecule has 1 unspecified atom stereocenters. The van der Waals surface area contributed by atoms with E-state index in [4.69, 9.17) is 9.88 Å². The Morgan fingerprint density at radius 1 is 1.27 bits per heavy atom. The molecular formula is C9H16N2O4. The lowest BCUT2D eigenvalue weighted by molar-refractivity contribution is -0.459. The Balaban J connectivity index is 1.74. The minimum atomic E-state index is -0.445. The molecule has 0 aliphatic carbocycles. The second-order valence-corrected chi connectivity index (χ2v) is 3.88. The molecule has 2 aliphatic rings. The monoisotopic (exact) mass is 216 g/mol. The average molecular weight is 216 g/mol. The Labute approximate surface area is 88.2 Å². The van der Waals surface area contributed by atoms with Crippen molar-refractivity contribution >= 4 is 5.91 Å². The zero-order valence-electron chi connectivity index (χ0n) is 8.59. The number of carbonyl (C=O) groups excluding carboxylic acids is 1. The zero-order valence-corrected chi connectivity index (χ0v) is 8.59. The smallest absolute Gasteiger partial charge is 0.248 e. The van der Waals surface area contributed by atoms with E-state index in [9.17, 15) is 10.0 Å². The fourth-order valence-electron chi connectivity index (χ4n) is 1.78. The maximum absolute atomic E-state index is 11.3. The highest BCUT2D eigenvalue weighted by atomic mass is 17.3. The number of rotatable bonds is 3. The molecule has 2 heterocycles. The Morgan fingerprint density at radius 3 is 2.80 bits per heavy atom. The number of carbonyl (C=O) groups is 1. The summed E-state index contributed by atoms with van der Waals surface area (Å²) in [6.45, 7) is 1.15. The van der Waals surface area contributed by atoms with Crippen molar-refractivity contribution in [3.8, 4) is 0 Å². The van der Waals surface area contributed by atoms with E-state index in [1.54, 1.807) is 0 Å². The first-order chi connectivity index (χ1) is 7.27. The summed E-state index contributed by atoms with van der Waals surface area (Å²) in [5, 5.41) is 11.6. The third-order valence-corrected chi connectivity index (χ3v) is 2.69. The third-order valence-electron chi connectivity index (χ3n) is 2.69. The summed E-state index contributed by atoms with van der Waals surface area (Å²) in [5.74, 6) is -0.0521. The molecule has 6 nitrogen and oxygen atoms in total. The fourth-order valence-corrected chi connectivity index (χ4v) is 1.78. The van der Waals surface area contributed by atoms with Gasteiger partial charge in [0.1, 0.15) is 0 Å². The van der Waals surface area contributed by atoms with E-state index < -0.39 is 6.23 Å². The second-order valence-electron chi connectivity index (χ2n) is 3.88. The summed E-state index contributed by atoms with van der Waals surface area (Å²) in [5.41, 5.74) is 0. The number of hydroxylamine groups is 4. The first-order valence-electron chi connectivity index (χ1n) is 5.37. The summed E-state index contributed by atoms with van der Waals surface area (Å²) in [6.07, 6.45) is 3.50. The van der Waals surface area contributed by atoms with E-state index in [0.717, 1.165) is 30.7 Å². The highest BCUT2D eigenvalue weighted by Gasteiger charge is 2.27. The van der Waals surface area contributed by atoms with Crippen LogP contribution in [0.2, 0.25) is 0 Å². The molecule has 1 N–H and O–H groups in total. The second kappa shape index (κ2) is 4.89. The van der Waals surface area contributed by atoms with Crippen molar-refractivity contribution in [2.75, 3.05) is 13.1 Å². The van der Waals surface area contributed by atoms with E-state index in [-0.39, 0.29) is 5.91 Å². The van der Waals surface area contributed by atoms with Crippen LogP contribution < -0.4 is 0 Å². The van der Waals surface area contributed by atoms with Gasteiger partial charge >= 0.3 is 0 Å². The quantitative estimate of drug-likeness (QED) is 0.555. The molecule has 0 radical (unpaired) electrons. The molecule has 0 bridgehead atoms. The molecule has 2 aliphatic heterocycles. The van der Waals surface area contributed by atoms with Gasteiger partial charge in [-0.3, -0.25) is 4.79 Å². The Bertz CT molecular complexity index is 236. The van der Waals surface area contributed by atoms with Crippen molar-refractivity contribution in [2.24, 2.45) is 0 Å². The molecule has 2 rings (SSSR count). The van der Waals surface area contributed by atoms with Gasteiger partial charge in [0.25, 0.3) is 0 Å². The van der Waals surface area contributed by atoms with Crippen LogP contribution in [0.5, 0.6) is 0 Å². The van der Waals surface area contributed by atoms with Gasteiger partial charge in [-0.25, -0.2) is 0 Å². The van der Waals surface area contributed by atoms with E-state index >= 15 is 0 Å². The molecule has 0 saturated carbocycles. The van der Waals surface area contributed by atoms with Crippen molar-refractivity contribution in [1.29, 1.82) is 0 Å². The highest BCUT2D eigenvalue weighted by molar-refractivity contribution is 5.75. The lowest BCUT2D eigenvalue weighted by Crippen LogP contribution is -2.38. The van der Waals surface area contributed by atoms with Gasteiger partial charge in [0.2, 0.25) is 5.91 Å². The minimum absolute atomic E-state index is 0.0521. The van der Waals surface area contributed by atoms with Crippen LogP contribution in [0.4, 0.5) is 0 Å². The van der Waals surface area contributed by atoms with Crippen molar-refractivity contribution in [2.45, 2.75) is 38.3 Å². The van der Waals surface area contributed by atoms with Crippen molar-refractivity contribution in [1.82, 2.24) is 10.1 Å². The molecule has 2 fully saturated rings. The van der Waals surface area contributed by atoms with Crippen LogP contribution in [0.25, 0.3) is 0 Å². The van der Waals surface area contributed by atoms with E-state index in [1.807, 2.05) is 0 Å². The van der Waals surface area contributed by atoms with Crippen LogP contribution in [0.3, 0.4) is 0 Å². The first-order valence-corrected chi connectivity index (χ1v) is 5.37. The predicted molar refractivity (Wildman–Crippen MR) is 49.2 cm³/mol. The zero-order chi connectivity index (χ0) is 10.7. The van der Waals surface area contributed by atoms with E-state index in [0.29, 0.717) is 19.5 Å². The molecule has 0 aromatic carbocycles. The largest absolute Gasteiger partial charge is 0.311 e. The molecule has 2 saturated heterocycles. The van der Waals surface area contributed by atoms with E-state index in [2.05, 4.69) is 0 Å². The Kier molecular flexibility index (Phi) is 3.53. The summed E-state index contributed by atoms with van der Waals surface area (Å²) >= 11 is 0. The van der Waals surface area contributed by atoms with Gasteiger partial charge < -0.3 is 5.21 Å². The summed E-state index contributed by atoms with van der Waals surface area (Å²) in [4.78, 5) is 21.3. The van der Waals surface area contributed by atoms with Gasteiger partial charge in [0, 0.05) is 13.0 Å². The number of piperidine rings is 1. The van der Waals surface area contributed by atoms with Crippen LogP contribution in [0.15, 0.2) is 0 Å². The average Bonchev–Trinajstić information content (AvgIpc) is 2.63. The van der Waals surface area contributed by atoms with Crippen LogP contribution in [0.1, 0.15) is 32.1 Å². The fraction of sp³-hybridized carbons (Fsp3) is 0.889. The van der Waals surface area contributed by atoms with Crippen molar-refractivity contribution in [3.05, 3.63) is 0 Å². The van der Waals surface area contributed by atoms with Gasteiger partial charge in [-0.05, 0) is 25.7 Å². The van der Waals surface area contributed by atoms with Crippen LogP contribution in [-0.2, 0) is 14.7 Å². The lowest BCUT2D eigenvalue weighted by atomic mass is 10.2. The van der Waals surface area contributed by atoms with Gasteiger partial charge in [0.15, 0.2) is 6.23 Å². The van der Waals surface area contributed by atoms with Gasteiger partial charge in [-0.1, -0.05) is 0 Å². The minimum Gasteiger partial charge on any atom is -0.311 e. The van der Waals surface area contributed by atoms with Gasteiger partial charge in [-0.2, -0.15) is 15.0 Å².